The highest BCUT2D eigenvalue weighted by Crippen LogP contribution is 2.31. The maximum Gasteiger partial charge on any atom is 0.255 e. The minimum Gasteiger partial charge on any atom is -0.440 e. The van der Waals surface area contributed by atoms with E-state index in [2.05, 4.69) is 38.4 Å². The summed E-state index contributed by atoms with van der Waals surface area (Å²) in [4.78, 5) is 4.08. The third kappa shape index (κ3) is 3.58. The van der Waals surface area contributed by atoms with Gasteiger partial charge in [-0.2, -0.15) is 12.6 Å². The van der Waals surface area contributed by atoms with Crippen molar-refractivity contribution in [3.8, 4) is 0 Å². The maximum absolute atomic E-state index is 5.17. The first-order valence-corrected chi connectivity index (χ1v) is 6.29. The highest BCUT2D eigenvalue weighted by molar-refractivity contribution is 7.99. The fraction of sp³-hybridized carbons (Fsp3) is 0.700. The van der Waals surface area contributed by atoms with Crippen LogP contribution >= 0.6 is 24.4 Å². The molecule has 0 saturated heterocycles. The van der Waals surface area contributed by atoms with Crippen molar-refractivity contribution >= 4 is 24.4 Å². The minimum atomic E-state index is 0.293. The van der Waals surface area contributed by atoms with Crippen LogP contribution in [0.15, 0.2) is 22.1 Å². The number of thioether (sulfide) groups is 1. The lowest BCUT2D eigenvalue weighted by atomic mass is 9.83. The maximum atomic E-state index is 5.17. The quantitative estimate of drug-likeness (QED) is 0.635. The smallest absolute Gasteiger partial charge is 0.255 e. The Morgan fingerprint density at radius 1 is 1.57 bits per heavy atom. The van der Waals surface area contributed by atoms with Crippen LogP contribution in [0, 0.1) is 11.3 Å². The standard InChI is InChI=1S/C10H17NOS2/c1-10(2,3)8(6-13)7-14-9-11-4-5-12-9/h4-5,8,13H,6-7H2,1-3H3. The number of aromatic nitrogens is 1. The molecule has 0 saturated carbocycles. The van der Waals surface area contributed by atoms with E-state index in [1.807, 2.05) is 0 Å². The molecule has 0 radical (unpaired) electrons. The lowest BCUT2D eigenvalue weighted by Crippen LogP contribution is -2.24. The topological polar surface area (TPSA) is 26.0 Å². The molecule has 1 heterocycles. The lowest BCUT2D eigenvalue weighted by molar-refractivity contribution is 0.293. The van der Waals surface area contributed by atoms with Gasteiger partial charge in [-0.05, 0) is 17.1 Å². The van der Waals surface area contributed by atoms with Crippen molar-refractivity contribution in [1.82, 2.24) is 4.98 Å². The van der Waals surface area contributed by atoms with E-state index >= 15 is 0 Å². The first kappa shape index (κ1) is 12.0. The molecule has 1 atom stereocenters. The molecule has 0 bridgehead atoms. The molecule has 14 heavy (non-hydrogen) atoms. The summed E-state index contributed by atoms with van der Waals surface area (Å²) in [5, 5.41) is 0.751. The van der Waals surface area contributed by atoms with Gasteiger partial charge in [0.2, 0.25) is 0 Å². The first-order valence-electron chi connectivity index (χ1n) is 4.67. The number of rotatable bonds is 4. The van der Waals surface area contributed by atoms with Gasteiger partial charge in [0.05, 0.1) is 6.20 Å². The van der Waals surface area contributed by atoms with E-state index in [1.54, 1.807) is 24.2 Å². The van der Waals surface area contributed by atoms with E-state index in [4.69, 9.17) is 4.42 Å². The van der Waals surface area contributed by atoms with Gasteiger partial charge in [-0.25, -0.2) is 4.98 Å². The Hall–Kier alpha value is -0.0900. The monoisotopic (exact) mass is 231 g/mol. The highest BCUT2D eigenvalue weighted by atomic mass is 32.2. The van der Waals surface area contributed by atoms with Crippen LogP contribution in [0.1, 0.15) is 20.8 Å². The molecule has 0 spiro atoms. The summed E-state index contributed by atoms with van der Waals surface area (Å²) in [7, 11) is 0. The zero-order valence-corrected chi connectivity index (χ0v) is 10.6. The molecular formula is C10H17NOS2. The number of oxazole rings is 1. The molecule has 0 aliphatic rings. The van der Waals surface area contributed by atoms with Crippen molar-refractivity contribution in [3.05, 3.63) is 12.5 Å². The predicted molar refractivity (Wildman–Crippen MR) is 64.0 cm³/mol. The number of hydrogen-bond donors (Lipinski definition) is 1. The number of thiol groups is 1. The van der Waals surface area contributed by atoms with Crippen LogP contribution in [0.25, 0.3) is 0 Å². The van der Waals surface area contributed by atoms with Gasteiger partial charge in [0.1, 0.15) is 6.26 Å². The summed E-state index contributed by atoms with van der Waals surface area (Å²) in [6, 6.07) is 0. The van der Waals surface area contributed by atoms with Gasteiger partial charge in [-0.1, -0.05) is 32.5 Å². The molecule has 0 aliphatic heterocycles. The highest BCUT2D eigenvalue weighted by Gasteiger charge is 2.23. The van der Waals surface area contributed by atoms with E-state index in [0.717, 1.165) is 16.7 Å². The summed E-state index contributed by atoms with van der Waals surface area (Å²) in [6.07, 6.45) is 3.28. The lowest BCUT2D eigenvalue weighted by Gasteiger charge is -2.28. The molecular weight excluding hydrogens is 214 g/mol. The molecule has 80 valence electrons. The van der Waals surface area contributed by atoms with E-state index in [9.17, 15) is 0 Å². The Morgan fingerprint density at radius 2 is 2.29 bits per heavy atom. The van der Waals surface area contributed by atoms with Crippen molar-refractivity contribution in [2.75, 3.05) is 11.5 Å². The first-order chi connectivity index (χ1) is 6.54. The molecule has 0 aliphatic carbocycles. The summed E-state index contributed by atoms with van der Waals surface area (Å²) >= 11 is 6.04. The van der Waals surface area contributed by atoms with Gasteiger partial charge in [0, 0.05) is 5.75 Å². The second-order valence-corrected chi connectivity index (χ2v) is 5.69. The van der Waals surface area contributed by atoms with E-state index < -0.39 is 0 Å². The number of hydrogen-bond acceptors (Lipinski definition) is 4. The molecule has 4 heteroatoms. The number of nitrogens with zero attached hydrogens (tertiary/aromatic N) is 1. The average Bonchev–Trinajstić information content (AvgIpc) is 2.55. The van der Waals surface area contributed by atoms with Gasteiger partial charge < -0.3 is 4.42 Å². The Kier molecular flexibility index (Phi) is 4.38. The fourth-order valence-corrected chi connectivity index (χ4v) is 3.10. The van der Waals surface area contributed by atoms with Crippen LogP contribution in [0.4, 0.5) is 0 Å². The molecule has 0 fully saturated rings. The Labute approximate surface area is 95.3 Å². The summed E-state index contributed by atoms with van der Waals surface area (Å²) in [5.41, 5.74) is 0.293. The third-order valence-corrected chi connectivity index (χ3v) is 3.72. The van der Waals surface area contributed by atoms with Crippen molar-refractivity contribution in [2.24, 2.45) is 11.3 Å². The normalized spacial score (nSPS) is 14.3. The molecule has 2 nitrogen and oxygen atoms in total. The Balaban J connectivity index is 2.43. The van der Waals surface area contributed by atoms with E-state index in [0.29, 0.717) is 11.3 Å². The second kappa shape index (κ2) is 5.12. The zero-order chi connectivity index (χ0) is 10.6. The van der Waals surface area contributed by atoms with Crippen LogP contribution in [0.2, 0.25) is 0 Å². The van der Waals surface area contributed by atoms with Gasteiger partial charge in [0.25, 0.3) is 5.22 Å². The van der Waals surface area contributed by atoms with Crippen LogP contribution in [0.5, 0.6) is 0 Å². The average molecular weight is 231 g/mol. The van der Waals surface area contributed by atoms with Gasteiger partial charge >= 0.3 is 0 Å². The van der Waals surface area contributed by atoms with Crippen molar-refractivity contribution in [3.63, 3.8) is 0 Å². The minimum absolute atomic E-state index is 0.293. The molecule has 1 aromatic rings. The Morgan fingerprint density at radius 3 is 2.71 bits per heavy atom. The summed E-state index contributed by atoms with van der Waals surface area (Å²) < 4.78 is 5.17. The zero-order valence-electron chi connectivity index (χ0n) is 8.86. The molecule has 1 unspecified atom stereocenters. The van der Waals surface area contributed by atoms with Crippen LogP contribution in [0.3, 0.4) is 0 Å². The largest absolute Gasteiger partial charge is 0.440 e. The molecule has 0 N–H and O–H groups in total. The van der Waals surface area contributed by atoms with Gasteiger partial charge in [0.15, 0.2) is 0 Å². The van der Waals surface area contributed by atoms with Crippen LogP contribution in [-0.4, -0.2) is 16.5 Å². The molecule has 0 aromatic carbocycles. The third-order valence-electron chi connectivity index (χ3n) is 2.26. The van der Waals surface area contributed by atoms with Gasteiger partial charge in [-0.15, -0.1) is 0 Å². The fourth-order valence-electron chi connectivity index (χ4n) is 1.03. The van der Waals surface area contributed by atoms with E-state index in [1.165, 1.54) is 0 Å². The molecule has 1 rings (SSSR count). The van der Waals surface area contributed by atoms with Crippen molar-refractivity contribution in [1.29, 1.82) is 0 Å². The van der Waals surface area contributed by atoms with Crippen LogP contribution in [-0.2, 0) is 0 Å². The van der Waals surface area contributed by atoms with Crippen molar-refractivity contribution in [2.45, 2.75) is 26.0 Å². The molecule has 1 aromatic heterocycles. The van der Waals surface area contributed by atoms with Crippen LogP contribution < -0.4 is 0 Å². The van der Waals surface area contributed by atoms with Gasteiger partial charge in [-0.3, -0.25) is 0 Å². The summed E-state index contributed by atoms with van der Waals surface area (Å²) in [5.74, 6) is 2.48. The predicted octanol–water partition coefficient (Wildman–Crippen LogP) is 3.36. The Bertz CT molecular complexity index is 254. The molecule has 0 amide bonds. The summed E-state index contributed by atoms with van der Waals surface area (Å²) in [6.45, 7) is 6.72. The van der Waals surface area contributed by atoms with Crippen molar-refractivity contribution < 1.29 is 4.42 Å². The second-order valence-electron chi connectivity index (χ2n) is 4.35. The van der Waals surface area contributed by atoms with E-state index in [-0.39, 0.29) is 0 Å². The SMILES string of the molecule is CC(C)(C)C(CS)CSc1ncco1.